The number of ether oxygens (including phenoxy) is 2. The lowest BCUT2D eigenvalue weighted by atomic mass is 10.1. The lowest BCUT2D eigenvalue weighted by molar-refractivity contribution is 0.284. The maximum Gasteiger partial charge on any atom is 0.161 e. The van der Waals surface area contributed by atoms with Gasteiger partial charge in [-0.1, -0.05) is 45.1 Å². The predicted molar refractivity (Wildman–Crippen MR) is 84.6 cm³/mol. The SMILES string of the molecule is CCCCCCCCOc1ccc(CCN)cc1OC. The Morgan fingerprint density at radius 2 is 1.75 bits per heavy atom. The smallest absolute Gasteiger partial charge is 0.161 e. The largest absolute Gasteiger partial charge is 0.493 e. The lowest BCUT2D eigenvalue weighted by Crippen LogP contribution is -2.04. The fourth-order valence-corrected chi connectivity index (χ4v) is 2.22. The molecule has 0 aromatic heterocycles. The van der Waals surface area contributed by atoms with Gasteiger partial charge in [-0.25, -0.2) is 0 Å². The standard InChI is InChI=1S/C17H29NO2/c1-3-4-5-6-7-8-13-20-16-10-9-15(11-12-18)14-17(16)19-2/h9-10,14H,3-8,11-13,18H2,1-2H3. The van der Waals surface area contributed by atoms with Crippen molar-refractivity contribution in [2.24, 2.45) is 5.73 Å². The van der Waals surface area contributed by atoms with E-state index in [9.17, 15) is 0 Å². The van der Waals surface area contributed by atoms with Crippen molar-refractivity contribution in [1.29, 1.82) is 0 Å². The minimum atomic E-state index is 0.654. The van der Waals surface area contributed by atoms with E-state index in [1.807, 2.05) is 12.1 Å². The van der Waals surface area contributed by atoms with Crippen molar-refractivity contribution in [1.82, 2.24) is 0 Å². The van der Waals surface area contributed by atoms with Crippen LogP contribution >= 0.6 is 0 Å². The second kappa shape index (κ2) is 10.6. The lowest BCUT2D eigenvalue weighted by Gasteiger charge is -2.12. The van der Waals surface area contributed by atoms with Gasteiger partial charge >= 0.3 is 0 Å². The van der Waals surface area contributed by atoms with Gasteiger partial charge in [-0.3, -0.25) is 0 Å². The highest BCUT2D eigenvalue weighted by Crippen LogP contribution is 2.28. The molecule has 0 fully saturated rings. The number of methoxy groups -OCH3 is 1. The maximum atomic E-state index is 5.81. The van der Waals surface area contributed by atoms with Crippen molar-refractivity contribution >= 4 is 0 Å². The van der Waals surface area contributed by atoms with Crippen LogP contribution in [-0.2, 0) is 6.42 Å². The Morgan fingerprint density at radius 1 is 1.00 bits per heavy atom. The molecule has 0 heterocycles. The van der Waals surface area contributed by atoms with Crippen LogP contribution in [0.1, 0.15) is 51.0 Å². The summed E-state index contributed by atoms with van der Waals surface area (Å²) >= 11 is 0. The van der Waals surface area contributed by atoms with Crippen molar-refractivity contribution in [2.45, 2.75) is 51.9 Å². The highest BCUT2D eigenvalue weighted by molar-refractivity contribution is 5.43. The molecule has 0 aliphatic rings. The molecule has 0 unspecified atom stereocenters. The van der Waals surface area contributed by atoms with Crippen LogP contribution in [0.3, 0.4) is 0 Å². The first-order valence-electron chi connectivity index (χ1n) is 7.81. The van der Waals surface area contributed by atoms with Crippen LogP contribution in [0, 0.1) is 0 Å². The van der Waals surface area contributed by atoms with Gasteiger partial charge in [0.25, 0.3) is 0 Å². The zero-order chi connectivity index (χ0) is 14.6. The van der Waals surface area contributed by atoms with Crippen molar-refractivity contribution in [3.05, 3.63) is 23.8 Å². The van der Waals surface area contributed by atoms with Gasteiger partial charge in [0, 0.05) is 0 Å². The van der Waals surface area contributed by atoms with Crippen molar-refractivity contribution in [3.8, 4) is 11.5 Å². The number of benzene rings is 1. The van der Waals surface area contributed by atoms with Crippen LogP contribution in [0.5, 0.6) is 11.5 Å². The van der Waals surface area contributed by atoms with E-state index in [4.69, 9.17) is 15.2 Å². The van der Waals surface area contributed by atoms with Crippen LogP contribution in [-0.4, -0.2) is 20.3 Å². The molecule has 0 saturated carbocycles. The van der Waals surface area contributed by atoms with Gasteiger partial charge in [-0.05, 0) is 37.1 Å². The molecule has 1 rings (SSSR count). The fraction of sp³-hybridized carbons (Fsp3) is 0.647. The summed E-state index contributed by atoms with van der Waals surface area (Å²) in [6, 6.07) is 6.07. The fourth-order valence-electron chi connectivity index (χ4n) is 2.22. The molecule has 3 heteroatoms. The highest BCUT2D eigenvalue weighted by Gasteiger charge is 2.05. The summed E-state index contributed by atoms with van der Waals surface area (Å²) in [4.78, 5) is 0. The van der Waals surface area contributed by atoms with E-state index in [1.54, 1.807) is 7.11 Å². The molecule has 114 valence electrons. The monoisotopic (exact) mass is 279 g/mol. The first-order chi connectivity index (χ1) is 9.81. The molecular formula is C17H29NO2. The van der Waals surface area contributed by atoms with E-state index < -0.39 is 0 Å². The van der Waals surface area contributed by atoms with E-state index in [-0.39, 0.29) is 0 Å². The van der Waals surface area contributed by atoms with E-state index in [0.717, 1.165) is 30.9 Å². The molecule has 0 radical (unpaired) electrons. The van der Waals surface area contributed by atoms with E-state index in [0.29, 0.717) is 6.54 Å². The minimum Gasteiger partial charge on any atom is -0.493 e. The summed E-state index contributed by atoms with van der Waals surface area (Å²) in [5.41, 5.74) is 6.76. The molecule has 3 nitrogen and oxygen atoms in total. The van der Waals surface area contributed by atoms with Gasteiger partial charge in [-0.2, -0.15) is 0 Å². The maximum absolute atomic E-state index is 5.81. The number of hydrogen-bond acceptors (Lipinski definition) is 3. The molecule has 0 atom stereocenters. The Balaban J connectivity index is 2.32. The Hall–Kier alpha value is -1.22. The average Bonchev–Trinajstić information content (AvgIpc) is 2.47. The van der Waals surface area contributed by atoms with Crippen LogP contribution in [0.4, 0.5) is 0 Å². The summed E-state index contributed by atoms with van der Waals surface area (Å²) < 4.78 is 11.2. The molecule has 20 heavy (non-hydrogen) atoms. The molecular weight excluding hydrogens is 250 g/mol. The molecule has 0 aliphatic heterocycles. The Morgan fingerprint density at radius 3 is 2.45 bits per heavy atom. The molecule has 0 bridgehead atoms. The number of rotatable bonds is 11. The Labute approximate surface area is 123 Å². The van der Waals surface area contributed by atoms with Gasteiger partial charge in [0.15, 0.2) is 11.5 Å². The minimum absolute atomic E-state index is 0.654. The topological polar surface area (TPSA) is 44.5 Å². The van der Waals surface area contributed by atoms with Crippen molar-refractivity contribution in [3.63, 3.8) is 0 Å². The van der Waals surface area contributed by atoms with E-state index in [1.165, 1.54) is 37.7 Å². The zero-order valence-electron chi connectivity index (χ0n) is 13.0. The van der Waals surface area contributed by atoms with Gasteiger partial charge in [0.1, 0.15) is 0 Å². The summed E-state index contributed by atoms with van der Waals surface area (Å²) in [5, 5.41) is 0. The van der Waals surface area contributed by atoms with Gasteiger partial charge < -0.3 is 15.2 Å². The first-order valence-corrected chi connectivity index (χ1v) is 7.81. The molecule has 1 aromatic carbocycles. The quantitative estimate of drug-likeness (QED) is 0.624. The van der Waals surface area contributed by atoms with Crippen LogP contribution in [0.2, 0.25) is 0 Å². The molecule has 2 N–H and O–H groups in total. The molecule has 0 spiro atoms. The van der Waals surface area contributed by atoms with Gasteiger partial charge in [0.2, 0.25) is 0 Å². The number of nitrogens with two attached hydrogens (primary N) is 1. The van der Waals surface area contributed by atoms with Crippen LogP contribution in [0.25, 0.3) is 0 Å². The average molecular weight is 279 g/mol. The van der Waals surface area contributed by atoms with Crippen LogP contribution in [0.15, 0.2) is 18.2 Å². The van der Waals surface area contributed by atoms with Crippen LogP contribution < -0.4 is 15.2 Å². The van der Waals surface area contributed by atoms with E-state index >= 15 is 0 Å². The second-order valence-corrected chi connectivity index (χ2v) is 5.14. The summed E-state index contributed by atoms with van der Waals surface area (Å²) in [7, 11) is 1.68. The molecule has 0 saturated heterocycles. The first kappa shape index (κ1) is 16.8. The predicted octanol–water partition coefficient (Wildman–Crippen LogP) is 3.94. The molecule has 1 aromatic rings. The third-order valence-electron chi connectivity index (χ3n) is 3.42. The molecule has 0 amide bonds. The zero-order valence-corrected chi connectivity index (χ0v) is 13.0. The molecule has 0 aliphatic carbocycles. The second-order valence-electron chi connectivity index (χ2n) is 5.14. The number of unbranched alkanes of at least 4 members (excludes halogenated alkanes) is 5. The Bertz CT molecular complexity index is 366. The summed E-state index contributed by atoms with van der Waals surface area (Å²) in [6.07, 6.45) is 8.51. The Kier molecular flexibility index (Phi) is 8.88. The third kappa shape index (κ3) is 6.29. The van der Waals surface area contributed by atoms with Gasteiger partial charge in [0.05, 0.1) is 13.7 Å². The van der Waals surface area contributed by atoms with Crippen molar-refractivity contribution < 1.29 is 9.47 Å². The van der Waals surface area contributed by atoms with Crippen molar-refractivity contribution in [2.75, 3.05) is 20.3 Å². The third-order valence-corrected chi connectivity index (χ3v) is 3.42. The number of hydrogen-bond donors (Lipinski definition) is 1. The summed E-state index contributed by atoms with van der Waals surface area (Å²) in [5.74, 6) is 1.64. The normalized spacial score (nSPS) is 10.6. The highest BCUT2D eigenvalue weighted by atomic mass is 16.5. The van der Waals surface area contributed by atoms with E-state index in [2.05, 4.69) is 13.0 Å². The summed E-state index contributed by atoms with van der Waals surface area (Å²) in [6.45, 7) is 3.66. The van der Waals surface area contributed by atoms with Gasteiger partial charge in [-0.15, -0.1) is 0 Å².